The Bertz CT molecular complexity index is 783. The highest BCUT2D eigenvalue weighted by molar-refractivity contribution is 6.48. The van der Waals surface area contributed by atoms with Gasteiger partial charge in [-0.15, -0.1) is 0 Å². The van der Waals surface area contributed by atoms with E-state index in [9.17, 15) is 14.4 Å². The summed E-state index contributed by atoms with van der Waals surface area (Å²) < 4.78 is 10.6. The number of esters is 1. The average molecular weight is 826 g/mol. The lowest BCUT2D eigenvalue weighted by Crippen LogP contribution is -2.28. The fraction of sp³-hybridized carbons (Fsp3) is 0.918. The molecule has 0 amide bonds. The minimum atomic E-state index is -0.0127. The van der Waals surface area contributed by atoms with E-state index in [-0.39, 0.29) is 18.3 Å². The molecule has 58 heavy (non-hydrogen) atoms. The van der Waals surface area contributed by atoms with Gasteiger partial charge in [-0.25, -0.2) is 0 Å². The highest BCUT2D eigenvalue weighted by Crippen LogP contribution is 2.26. The molecule has 8 nitrogen and oxygen atoms in total. The van der Waals surface area contributed by atoms with Gasteiger partial charge in [0, 0.05) is 32.0 Å². The van der Waals surface area contributed by atoms with Gasteiger partial charge in [-0.05, 0) is 96.9 Å². The third-order valence-electron chi connectivity index (χ3n) is 9.95. The minimum absolute atomic E-state index is 0.0127. The Morgan fingerprint density at radius 1 is 0.690 bits per heavy atom. The molecular formula is C49H100BNO7. The van der Waals surface area contributed by atoms with E-state index in [4.69, 9.17) is 14.6 Å². The van der Waals surface area contributed by atoms with Gasteiger partial charge in [0.05, 0.1) is 12.8 Å². The Hall–Kier alpha value is -1.74. The zero-order valence-corrected chi connectivity index (χ0v) is 40.4. The van der Waals surface area contributed by atoms with E-state index < -0.39 is 0 Å². The molecule has 1 aliphatic heterocycles. The number of ketones is 1. The Morgan fingerprint density at radius 3 is 1.60 bits per heavy atom. The number of hydrogen-bond donors (Lipinski definition) is 1. The number of aliphatic hydroxyl groups is 1. The van der Waals surface area contributed by atoms with Crippen LogP contribution in [0.2, 0.25) is 0 Å². The number of ether oxygens (including phenoxy) is 2. The predicted octanol–water partition coefficient (Wildman–Crippen LogP) is 13.3. The summed E-state index contributed by atoms with van der Waals surface area (Å²) in [6, 6.07) is 0.777. The molecule has 1 heterocycles. The summed E-state index contributed by atoms with van der Waals surface area (Å²) in [7, 11) is 4.17. The number of rotatable bonds is 33. The molecule has 9 heteroatoms. The summed E-state index contributed by atoms with van der Waals surface area (Å²) in [5, 5.41) is 7.88. The maximum Gasteiger partial charge on any atom is 0.306 e. The van der Waals surface area contributed by atoms with Crippen molar-refractivity contribution in [3.05, 3.63) is 0 Å². The van der Waals surface area contributed by atoms with Crippen LogP contribution >= 0.6 is 0 Å². The molecule has 2 radical (unpaired) electrons. The molecule has 1 fully saturated rings. The van der Waals surface area contributed by atoms with E-state index in [1.807, 2.05) is 34.6 Å². The summed E-state index contributed by atoms with van der Waals surface area (Å²) in [4.78, 5) is 44.4. The molecule has 346 valence electrons. The number of nitrogens with zero attached hydrogens (tertiary/aromatic N) is 1. The highest BCUT2D eigenvalue weighted by Gasteiger charge is 2.27. The van der Waals surface area contributed by atoms with Crippen molar-refractivity contribution in [1.29, 1.82) is 0 Å². The van der Waals surface area contributed by atoms with Crippen LogP contribution in [0.1, 0.15) is 249 Å². The summed E-state index contributed by atoms with van der Waals surface area (Å²) >= 11 is 0. The second-order valence-corrected chi connectivity index (χ2v) is 15.3. The summed E-state index contributed by atoms with van der Waals surface area (Å²) in [5.74, 6) is 1.26. The number of Topliss-reactive ketones (excluding diaryl/α,β-unsaturated/α-hetero) is 1. The SMILES string of the molecule is CC.CC.CCCC1CC(C)N(CCCCCC(C)=O)C1.CCCCCCCCC(CCCCCCCC)OC(=O)CCCCCCCOC=O.CCCO.[B]C=O. The quantitative estimate of drug-likeness (QED) is 0.0301. The lowest BCUT2D eigenvalue weighted by atomic mass is 10.0. The first-order valence-electron chi connectivity index (χ1n) is 24.4. The van der Waals surface area contributed by atoms with Crippen molar-refractivity contribution in [2.24, 2.45) is 5.92 Å². The lowest BCUT2D eigenvalue weighted by Gasteiger charge is -2.20. The molecule has 2 unspecified atom stereocenters. The van der Waals surface area contributed by atoms with Crippen LogP contribution in [0.3, 0.4) is 0 Å². The number of carbonyl (C=O) groups excluding carboxylic acids is 4. The van der Waals surface area contributed by atoms with Gasteiger partial charge in [-0.3, -0.25) is 9.59 Å². The monoisotopic (exact) mass is 826 g/mol. The molecular weight excluding hydrogens is 725 g/mol. The van der Waals surface area contributed by atoms with Crippen molar-refractivity contribution >= 4 is 32.3 Å². The molecule has 0 aliphatic carbocycles. The first kappa shape index (κ1) is 65.4. The maximum atomic E-state index is 12.3. The molecule has 0 aromatic heterocycles. The largest absolute Gasteiger partial charge is 0.468 e. The fourth-order valence-corrected chi connectivity index (χ4v) is 6.86. The Morgan fingerprint density at radius 2 is 1.14 bits per heavy atom. The normalized spacial score (nSPS) is 14.1. The predicted molar refractivity (Wildman–Crippen MR) is 251 cm³/mol. The summed E-state index contributed by atoms with van der Waals surface area (Å²) in [6.45, 7) is 24.6. The third kappa shape index (κ3) is 56.4. The van der Waals surface area contributed by atoms with Gasteiger partial charge in [-0.1, -0.05) is 152 Å². The van der Waals surface area contributed by atoms with Crippen LogP contribution < -0.4 is 0 Å². The number of unbranched alkanes of at least 4 members (excludes halogenated alkanes) is 16. The lowest BCUT2D eigenvalue weighted by molar-refractivity contribution is -0.150. The standard InChI is InChI=1S/C26H50O4.C15H29NO.C3H8O.2C2H6.CHBO/c1-3-5-7-9-12-16-20-25(21-17-13-10-8-6-4-2)30-26(28)22-18-14-11-15-19-23-29-24-27;1-4-8-15-11-13(2)16(12-15)10-7-5-6-9-14(3)17;1-2-3-4;2*1-2;2-1-3/h24-25H,3-23H2,1-2H3;13,15H,4-12H2,1-3H3;4H,2-3H2,1H3;2*1-2H3;1H. The van der Waals surface area contributed by atoms with Gasteiger partial charge in [0.25, 0.3) is 6.47 Å². The van der Waals surface area contributed by atoms with Crippen molar-refractivity contribution in [2.75, 3.05) is 26.3 Å². The molecule has 0 bridgehead atoms. The second-order valence-electron chi connectivity index (χ2n) is 15.3. The van der Waals surface area contributed by atoms with Crippen LogP contribution in [0.5, 0.6) is 0 Å². The van der Waals surface area contributed by atoms with Crippen molar-refractivity contribution < 1.29 is 33.8 Å². The van der Waals surface area contributed by atoms with E-state index >= 15 is 0 Å². The number of aliphatic hydroxyl groups excluding tert-OH is 1. The molecule has 0 spiro atoms. The zero-order valence-electron chi connectivity index (χ0n) is 40.4. The van der Waals surface area contributed by atoms with E-state index in [2.05, 4.69) is 45.2 Å². The fourth-order valence-electron chi connectivity index (χ4n) is 6.86. The first-order valence-corrected chi connectivity index (χ1v) is 24.4. The molecule has 1 rings (SSSR count). The van der Waals surface area contributed by atoms with E-state index in [1.165, 1.54) is 122 Å². The molecule has 0 aromatic carbocycles. The zero-order chi connectivity index (χ0) is 44.9. The molecule has 0 aromatic rings. The van der Waals surface area contributed by atoms with Gasteiger partial charge in [0.15, 0.2) is 7.85 Å². The van der Waals surface area contributed by atoms with E-state index in [0.29, 0.717) is 31.9 Å². The summed E-state index contributed by atoms with van der Waals surface area (Å²) in [5.41, 5.74) is 0. The van der Waals surface area contributed by atoms with Crippen molar-refractivity contribution in [3.63, 3.8) is 0 Å². The number of hydrogen-bond acceptors (Lipinski definition) is 8. The first-order chi connectivity index (χ1) is 28.2. The van der Waals surface area contributed by atoms with Gasteiger partial charge < -0.3 is 29.1 Å². The van der Waals surface area contributed by atoms with Crippen LogP contribution in [0.4, 0.5) is 0 Å². The van der Waals surface area contributed by atoms with E-state index in [0.717, 1.165) is 76.2 Å². The molecule has 0 saturated carbocycles. The number of carbonyl (C=O) groups is 4. The van der Waals surface area contributed by atoms with Gasteiger partial charge in [-0.2, -0.15) is 0 Å². The number of likely N-dealkylation sites (tertiary alicyclic amines) is 1. The molecule has 1 aliphatic rings. The van der Waals surface area contributed by atoms with Gasteiger partial charge in [0.1, 0.15) is 11.9 Å². The van der Waals surface area contributed by atoms with Crippen LogP contribution in [0.15, 0.2) is 0 Å². The van der Waals surface area contributed by atoms with Crippen LogP contribution in [0.25, 0.3) is 0 Å². The van der Waals surface area contributed by atoms with Crippen LogP contribution in [-0.2, 0) is 28.7 Å². The average Bonchev–Trinajstić information content (AvgIpc) is 3.58. The minimum Gasteiger partial charge on any atom is -0.468 e. The van der Waals surface area contributed by atoms with Crippen LogP contribution in [0, 0.1) is 5.92 Å². The van der Waals surface area contributed by atoms with Crippen molar-refractivity contribution in [2.45, 2.75) is 261 Å². The van der Waals surface area contributed by atoms with E-state index in [1.54, 1.807) is 6.92 Å². The van der Waals surface area contributed by atoms with Gasteiger partial charge >= 0.3 is 5.97 Å². The Balaban J connectivity index is -0.000000279. The Kier molecular flexibility index (Phi) is 67.2. The smallest absolute Gasteiger partial charge is 0.306 e. The molecule has 2 atom stereocenters. The topological polar surface area (TPSA) is 110 Å². The molecule has 1 N–H and O–H groups in total. The second kappa shape index (κ2) is 59.6. The third-order valence-corrected chi connectivity index (χ3v) is 9.95. The van der Waals surface area contributed by atoms with Crippen molar-refractivity contribution in [1.82, 2.24) is 4.90 Å². The Labute approximate surface area is 363 Å². The van der Waals surface area contributed by atoms with Crippen molar-refractivity contribution in [3.8, 4) is 0 Å². The highest BCUT2D eigenvalue weighted by atomic mass is 16.5. The van der Waals surface area contributed by atoms with Gasteiger partial charge in [0.2, 0.25) is 0 Å². The molecule has 1 saturated heterocycles. The summed E-state index contributed by atoms with van der Waals surface area (Å²) in [6.07, 6.45) is 32.6. The van der Waals surface area contributed by atoms with Crippen LogP contribution in [-0.4, -0.2) is 80.7 Å². The maximum absolute atomic E-state index is 12.3.